The SMILES string of the molecule is COc1cc(C)c(CCCO)c(OC)c1C. The molecule has 0 aliphatic rings. The fourth-order valence-corrected chi connectivity index (χ4v) is 1.96. The first kappa shape index (κ1) is 12.8. The van der Waals surface area contributed by atoms with Crippen molar-refractivity contribution in [2.75, 3.05) is 20.8 Å². The highest BCUT2D eigenvalue weighted by Crippen LogP contribution is 2.34. The molecule has 0 aliphatic carbocycles. The normalized spacial score (nSPS) is 10.3. The molecule has 0 spiro atoms. The molecular weight excluding hydrogens is 204 g/mol. The van der Waals surface area contributed by atoms with Gasteiger partial charge in [-0.1, -0.05) is 0 Å². The van der Waals surface area contributed by atoms with Crippen molar-refractivity contribution in [2.45, 2.75) is 26.7 Å². The Morgan fingerprint density at radius 1 is 1.19 bits per heavy atom. The third-order valence-electron chi connectivity index (χ3n) is 2.82. The van der Waals surface area contributed by atoms with Gasteiger partial charge in [-0.05, 0) is 43.9 Å². The second-order valence-corrected chi connectivity index (χ2v) is 3.86. The summed E-state index contributed by atoms with van der Waals surface area (Å²) in [6.45, 7) is 4.23. The van der Waals surface area contributed by atoms with Crippen LogP contribution in [0.5, 0.6) is 11.5 Å². The molecule has 0 unspecified atom stereocenters. The Morgan fingerprint density at radius 3 is 2.38 bits per heavy atom. The Morgan fingerprint density at radius 2 is 1.88 bits per heavy atom. The average Bonchev–Trinajstić information content (AvgIpc) is 2.29. The standard InChI is InChI=1S/C13H20O3/c1-9-8-12(15-3)10(2)13(16-4)11(9)6-5-7-14/h8,14H,5-7H2,1-4H3. The summed E-state index contributed by atoms with van der Waals surface area (Å²) in [5, 5.41) is 8.89. The van der Waals surface area contributed by atoms with E-state index in [0.29, 0.717) is 0 Å². The molecule has 0 amide bonds. The lowest BCUT2D eigenvalue weighted by atomic mass is 9.99. The van der Waals surface area contributed by atoms with E-state index < -0.39 is 0 Å². The molecule has 0 atom stereocenters. The minimum Gasteiger partial charge on any atom is -0.496 e. The van der Waals surface area contributed by atoms with Gasteiger partial charge in [0.05, 0.1) is 14.2 Å². The minimum atomic E-state index is 0.202. The van der Waals surface area contributed by atoms with E-state index in [1.165, 1.54) is 0 Å². The molecule has 0 aromatic heterocycles. The van der Waals surface area contributed by atoms with Gasteiger partial charge < -0.3 is 14.6 Å². The third kappa shape index (κ3) is 2.47. The van der Waals surface area contributed by atoms with E-state index in [4.69, 9.17) is 14.6 Å². The molecule has 90 valence electrons. The van der Waals surface area contributed by atoms with E-state index in [-0.39, 0.29) is 6.61 Å². The molecule has 3 nitrogen and oxygen atoms in total. The molecule has 0 fully saturated rings. The first-order chi connectivity index (χ1) is 7.65. The maximum Gasteiger partial charge on any atom is 0.128 e. The number of rotatable bonds is 5. The third-order valence-corrected chi connectivity index (χ3v) is 2.82. The molecule has 1 aromatic rings. The van der Waals surface area contributed by atoms with Gasteiger partial charge in [0.2, 0.25) is 0 Å². The van der Waals surface area contributed by atoms with Crippen molar-refractivity contribution < 1.29 is 14.6 Å². The fourth-order valence-electron chi connectivity index (χ4n) is 1.96. The van der Waals surface area contributed by atoms with E-state index in [1.54, 1.807) is 14.2 Å². The zero-order valence-corrected chi connectivity index (χ0v) is 10.5. The molecule has 0 saturated carbocycles. The summed E-state index contributed by atoms with van der Waals surface area (Å²) >= 11 is 0. The van der Waals surface area contributed by atoms with Crippen LogP contribution in [0.15, 0.2) is 6.07 Å². The number of methoxy groups -OCH3 is 2. The van der Waals surface area contributed by atoms with Crippen molar-refractivity contribution in [1.82, 2.24) is 0 Å². The van der Waals surface area contributed by atoms with Crippen LogP contribution < -0.4 is 9.47 Å². The Balaban J connectivity index is 3.20. The monoisotopic (exact) mass is 224 g/mol. The summed E-state index contributed by atoms with van der Waals surface area (Å²) in [4.78, 5) is 0. The van der Waals surface area contributed by atoms with Crippen LogP contribution >= 0.6 is 0 Å². The second-order valence-electron chi connectivity index (χ2n) is 3.86. The molecule has 0 saturated heterocycles. The summed E-state index contributed by atoms with van der Waals surface area (Å²) in [5.41, 5.74) is 3.33. The number of hydrogen-bond acceptors (Lipinski definition) is 3. The van der Waals surface area contributed by atoms with Crippen molar-refractivity contribution in [3.05, 3.63) is 22.8 Å². The highest BCUT2D eigenvalue weighted by Gasteiger charge is 2.13. The Kier molecular flexibility index (Phi) is 4.62. The van der Waals surface area contributed by atoms with Crippen molar-refractivity contribution in [2.24, 2.45) is 0 Å². The topological polar surface area (TPSA) is 38.7 Å². The number of hydrogen-bond donors (Lipinski definition) is 1. The highest BCUT2D eigenvalue weighted by molar-refractivity contribution is 5.53. The summed E-state index contributed by atoms with van der Waals surface area (Å²) in [5.74, 6) is 1.73. The van der Waals surface area contributed by atoms with E-state index in [1.807, 2.05) is 19.9 Å². The van der Waals surface area contributed by atoms with Gasteiger partial charge in [-0.15, -0.1) is 0 Å². The molecule has 16 heavy (non-hydrogen) atoms. The molecule has 0 aliphatic heterocycles. The van der Waals surface area contributed by atoms with Gasteiger partial charge in [0.15, 0.2) is 0 Å². The maximum atomic E-state index is 8.89. The van der Waals surface area contributed by atoms with Crippen LogP contribution in [-0.2, 0) is 6.42 Å². The first-order valence-corrected chi connectivity index (χ1v) is 5.47. The van der Waals surface area contributed by atoms with Crippen LogP contribution in [0.4, 0.5) is 0 Å². The van der Waals surface area contributed by atoms with Gasteiger partial charge in [0, 0.05) is 12.2 Å². The van der Waals surface area contributed by atoms with Gasteiger partial charge in [-0.2, -0.15) is 0 Å². The minimum absolute atomic E-state index is 0.202. The quantitative estimate of drug-likeness (QED) is 0.833. The summed E-state index contributed by atoms with van der Waals surface area (Å²) < 4.78 is 10.7. The van der Waals surface area contributed by atoms with Crippen molar-refractivity contribution in [3.63, 3.8) is 0 Å². The van der Waals surface area contributed by atoms with E-state index in [2.05, 4.69) is 0 Å². The molecule has 1 rings (SSSR count). The Hall–Kier alpha value is -1.22. The molecule has 0 bridgehead atoms. The van der Waals surface area contributed by atoms with Crippen LogP contribution in [0.3, 0.4) is 0 Å². The van der Waals surface area contributed by atoms with Gasteiger partial charge in [0.25, 0.3) is 0 Å². The molecule has 1 N–H and O–H groups in total. The van der Waals surface area contributed by atoms with Crippen molar-refractivity contribution in [1.29, 1.82) is 0 Å². The van der Waals surface area contributed by atoms with Crippen molar-refractivity contribution in [3.8, 4) is 11.5 Å². The lowest BCUT2D eigenvalue weighted by Gasteiger charge is -2.17. The second kappa shape index (κ2) is 5.75. The predicted molar refractivity (Wildman–Crippen MR) is 64.4 cm³/mol. The van der Waals surface area contributed by atoms with Crippen LogP contribution in [0.1, 0.15) is 23.1 Å². The molecule has 0 heterocycles. The summed E-state index contributed by atoms with van der Waals surface area (Å²) in [7, 11) is 3.33. The smallest absolute Gasteiger partial charge is 0.128 e. The maximum absolute atomic E-state index is 8.89. The number of ether oxygens (including phenoxy) is 2. The van der Waals surface area contributed by atoms with Crippen LogP contribution in [0.25, 0.3) is 0 Å². The Bertz CT molecular complexity index is 359. The predicted octanol–water partition coefficient (Wildman–Crippen LogP) is 2.25. The largest absolute Gasteiger partial charge is 0.496 e. The molecule has 3 heteroatoms. The van der Waals surface area contributed by atoms with Gasteiger partial charge in [-0.25, -0.2) is 0 Å². The highest BCUT2D eigenvalue weighted by atomic mass is 16.5. The molecular formula is C13H20O3. The van der Waals surface area contributed by atoms with E-state index in [0.717, 1.165) is 41.0 Å². The lowest BCUT2D eigenvalue weighted by Crippen LogP contribution is -2.01. The number of aliphatic hydroxyl groups is 1. The number of aliphatic hydroxyl groups excluding tert-OH is 1. The first-order valence-electron chi connectivity index (χ1n) is 5.47. The summed E-state index contributed by atoms with van der Waals surface area (Å²) in [6, 6.07) is 2.02. The summed E-state index contributed by atoms with van der Waals surface area (Å²) in [6.07, 6.45) is 1.58. The van der Waals surface area contributed by atoms with E-state index >= 15 is 0 Å². The van der Waals surface area contributed by atoms with Gasteiger partial charge in [-0.3, -0.25) is 0 Å². The number of aryl methyl sites for hydroxylation is 1. The van der Waals surface area contributed by atoms with Crippen LogP contribution in [-0.4, -0.2) is 25.9 Å². The average molecular weight is 224 g/mol. The van der Waals surface area contributed by atoms with E-state index in [9.17, 15) is 0 Å². The molecule has 1 aromatic carbocycles. The van der Waals surface area contributed by atoms with Crippen LogP contribution in [0.2, 0.25) is 0 Å². The van der Waals surface area contributed by atoms with Crippen LogP contribution in [0, 0.1) is 13.8 Å². The zero-order valence-electron chi connectivity index (χ0n) is 10.5. The van der Waals surface area contributed by atoms with Crippen molar-refractivity contribution >= 4 is 0 Å². The number of benzene rings is 1. The van der Waals surface area contributed by atoms with Gasteiger partial charge in [0.1, 0.15) is 11.5 Å². The molecule has 0 radical (unpaired) electrons. The Labute approximate surface area is 97.0 Å². The van der Waals surface area contributed by atoms with Gasteiger partial charge >= 0.3 is 0 Å². The fraction of sp³-hybridized carbons (Fsp3) is 0.538. The lowest BCUT2D eigenvalue weighted by molar-refractivity contribution is 0.287. The zero-order chi connectivity index (χ0) is 12.1.